The van der Waals surface area contributed by atoms with Gasteiger partial charge in [0.25, 0.3) is 0 Å². The first-order chi connectivity index (χ1) is 23.8. The molecule has 2 aliphatic rings. The van der Waals surface area contributed by atoms with Crippen molar-refractivity contribution < 1.29 is 24.5 Å². The van der Waals surface area contributed by atoms with Gasteiger partial charge in [-0.05, 0) is 80.3 Å². The van der Waals surface area contributed by atoms with Crippen molar-refractivity contribution in [3.8, 4) is 22.8 Å². The van der Waals surface area contributed by atoms with Crippen LogP contribution in [0.25, 0.3) is 22.3 Å². The largest absolute Gasteiger partial charge is 0.478 e. The maximum atomic E-state index is 11.5. The van der Waals surface area contributed by atoms with Gasteiger partial charge in [-0.25, -0.2) is 24.2 Å². The number of nitrogens with zero attached hydrogens (tertiary/aromatic N) is 5. The first-order valence-corrected chi connectivity index (χ1v) is 16.5. The highest BCUT2D eigenvalue weighted by Crippen LogP contribution is 2.36. The molecule has 2 fully saturated rings. The Morgan fingerprint density at radius 1 is 0.816 bits per heavy atom. The molecule has 1 saturated carbocycles. The van der Waals surface area contributed by atoms with Crippen molar-refractivity contribution in [1.29, 1.82) is 0 Å². The van der Waals surface area contributed by atoms with Gasteiger partial charge in [0.05, 0.1) is 22.6 Å². The van der Waals surface area contributed by atoms with Crippen LogP contribution in [0.3, 0.4) is 0 Å². The number of para-hydroxylation sites is 1. The van der Waals surface area contributed by atoms with Gasteiger partial charge in [0.1, 0.15) is 29.3 Å². The van der Waals surface area contributed by atoms with E-state index in [1.54, 1.807) is 6.07 Å². The molecule has 0 bridgehead atoms. The SMILES string of the molecule is Nc1ncnc2c1c(-c1ccc(Oc3ccccc3)cc1)nn2C1CCC(NCCNC2CN(c3ccc(C(=O)O)c(C(=O)O)c3)C2)CC1. The zero-order valence-corrected chi connectivity index (χ0v) is 26.8. The van der Waals surface area contributed by atoms with Crippen LogP contribution in [-0.4, -0.2) is 80.2 Å². The lowest BCUT2D eigenvalue weighted by atomic mass is 9.91. The highest BCUT2D eigenvalue weighted by molar-refractivity contribution is 6.02. The number of nitrogens with one attached hydrogen (secondary N) is 2. The highest BCUT2D eigenvalue weighted by Gasteiger charge is 2.29. The molecule has 0 radical (unpaired) electrons. The first-order valence-electron chi connectivity index (χ1n) is 16.5. The van der Waals surface area contributed by atoms with Crippen molar-refractivity contribution in [1.82, 2.24) is 30.4 Å². The molecule has 1 aliphatic carbocycles. The molecule has 252 valence electrons. The minimum Gasteiger partial charge on any atom is -0.478 e. The molecule has 1 aliphatic heterocycles. The van der Waals surface area contributed by atoms with Gasteiger partial charge in [0, 0.05) is 49.5 Å². The Balaban J connectivity index is 0.902. The third-order valence-corrected chi connectivity index (χ3v) is 9.37. The summed E-state index contributed by atoms with van der Waals surface area (Å²) in [6.07, 6.45) is 5.46. The van der Waals surface area contributed by atoms with Crippen molar-refractivity contribution >= 4 is 34.5 Å². The summed E-state index contributed by atoms with van der Waals surface area (Å²) in [6, 6.07) is 22.9. The van der Waals surface area contributed by atoms with E-state index >= 15 is 0 Å². The molecule has 13 nitrogen and oxygen atoms in total. The molecule has 6 N–H and O–H groups in total. The van der Waals surface area contributed by atoms with Crippen LogP contribution in [0.4, 0.5) is 11.5 Å². The zero-order valence-electron chi connectivity index (χ0n) is 26.8. The molecule has 1 saturated heterocycles. The fourth-order valence-electron chi connectivity index (χ4n) is 6.75. The van der Waals surface area contributed by atoms with E-state index in [1.807, 2.05) is 64.2 Å². The van der Waals surface area contributed by atoms with Gasteiger partial charge >= 0.3 is 11.9 Å². The molecule has 2 aromatic heterocycles. The van der Waals surface area contributed by atoms with E-state index in [4.69, 9.17) is 15.6 Å². The third-order valence-electron chi connectivity index (χ3n) is 9.37. The van der Waals surface area contributed by atoms with Crippen LogP contribution in [0.15, 0.2) is 79.1 Å². The molecule has 0 amide bonds. The van der Waals surface area contributed by atoms with Gasteiger partial charge in [0.15, 0.2) is 5.65 Å². The third kappa shape index (κ3) is 6.89. The Hall–Kier alpha value is -5.53. The van der Waals surface area contributed by atoms with Crippen molar-refractivity contribution in [2.24, 2.45) is 0 Å². The number of nitrogen functional groups attached to an aromatic ring is 1. The topological polar surface area (TPSA) is 181 Å². The number of hydrogen-bond donors (Lipinski definition) is 5. The zero-order chi connectivity index (χ0) is 33.9. The van der Waals surface area contributed by atoms with E-state index in [0.29, 0.717) is 17.5 Å². The summed E-state index contributed by atoms with van der Waals surface area (Å²) >= 11 is 0. The average Bonchev–Trinajstić information content (AvgIpc) is 3.49. The van der Waals surface area contributed by atoms with Crippen molar-refractivity contribution in [3.63, 3.8) is 0 Å². The number of hydrogen-bond acceptors (Lipinski definition) is 10. The Kier molecular flexibility index (Phi) is 9.09. The molecule has 3 aromatic carbocycles. The second kappa shape index (κ2) is 13.9. The summed E-state index contributed by atoms with van der Waals surface area (Å²) in [5.41, 5.74) is 9.13. The van der Waals surface area contributed by atoms with Gasteiger partial charge in [-0.15, -0.1) is 0 Å². The fraction of sp³-hybridized carbons (Fsp3) is 0.306. The first kappa shape index (κ1) is 32.0. The number of carboxylic acid groups (broad SMARTS) is 2. The van der Waals surface area contributed by atoms with Crippen LogP contribution >= 0.6 is 0 Å². The van der Waals surface area contributed by atoms with Crippen LogP contribution in [0.5, 0.6) is 11.5 Å². The predicted octanol–water partition coefficient (Wildman–Crippen LogP) is 4.82. The summed E-state index contributed by atoms with van der Waals surface area (Å²) in [4.78, 5) is 33.8. The number of carbonyl (C=O) groups is 2. The Morgan fingerprint density at radius 2 is 1.49 bits per heavy atom. The lowest BCUT2D eigenvalue weighted by Crippen LogP contribution is -2.59. The fourth-order valence-corrected chi connectivity index (χ4v) is 6.75. The number of anilines is 2. The van der Waals surface area contributed by atoms with E-state index in [0.717, 1.165) is 85.7 Å². The molecule has 5 aromatic rings. The number of aromatic carboxylic acids is 2. The van der Waals surface area contributed by atoms with Crippen LogP contribution in [0, 0.1) is 0 Å². The minimum absolute atomic E-state index is 0.195. The summed E-state index contributed by atoms with van der Waals surface area (Å²) in [7, 11) is 0. The smallest absolute Gasteiger partial charge is 0.336 e. The number of nitrogens with two attached hydrogens (primary N) is 1. The van der Waals surface area contributed by atoms with Crippen molar-refractivity contribution in [3.05, 3.63) is 90.3 Å². The van der Waals surface area contributed by atoms with Gasteiger partial charge in [-0.2, -0.15) is 5.10 Å². The van der Waals surface area contributed by atoms with E-state index in [-0.39, 0.29) is 23.2 Å². The summed E-state index contributed by atoms with van der Waals surface area (Å²) in [5.74, 6) is -0.567. The van der Waals surface area contributed by atoms with E-state index < -0.39 is 11.9 Å². The maximum absolute atomic E-state index is 11.5. The molecular weight excluding hydrogens is 624 g/mol. The number of fused-ring (bicyclic) bond motifs is 1. The van der Waals surface area contributed by atoms with E-state index in [2.05, 4.69) is 20.6 Å². The van der Waals surface area contributed by atoms with Crippen molar-refractivity contribution in [2.75, 3.05) is 36.8 Å². The van der Waals surface area contributed by atoms with Gasteiger partial charge in [-0.3, -0.25) is 0 Å². The number of carboxylic acids is 2. The van der Waals surface area contributed by atoms with Crippen LogP contribution in [0.1, 0.15) is 52.4 Å². The lowest BCUT2D eigenvalue weighted by molar-refractivity contribution is 0.0651. The summed E-state index contributed by atoms with van der Waals surface area (Å²) < 4.78 is 8.00. The van der Waals surface area contributed by atoms with Gasteiger partial charge in [-0.1, -0.05) is 18.2 Å². The molecule has 13 heteroatoms. The van der Waals surface area contributed by atoms with Gasteiger partial charge < -0.3 is 36.2 Å². The normalized spacial score (nSPS) is 17.9. The molecule has 0 atom stereocenters. The number of rotatable bonds is 12. The maximum Gasteiger partial charge on any atom is 0.336 e. The quantitative estimate of drug-likeness (QED) is 0.115. The van der Waals surface area contributed by atoms with Gasteiger partial charge in [0.2, 0.25) is 0 Å². The molecule has 7 rings (SSSR count). The minimum atomic E-state index is -1.25. The molecule has 49 heavy (non-hydrogen) atoms. The number of benzene rings is 3. The Morgan fingerprint density at radius 3 is 2.18 bits per heavy atom. The second-order valence-electron chi connectivity index (χ2n) is 12.5. The standard InChI is InChI=1S/C36H38N8O5/c37-33-31-32(22-6-13-28(14-7-22)49-27-4-2-1-3-5-27)42-44(34(31)41-21-40-33)25-10-8-23(9-11-25)38-16-17-39-24-19-43(20-24)26-12-15-29(35(45)46)30(18-26)36(47)48/h1-7,12-15,18,21,23-25,38-39H,8-11,16-17,19-20H2,(H,45,46)(H,47,48)(H2,37,40,41). The van der Waals surface area contributed by atoms with Crippen LogP contribution < -0.4 is 26.0 Å². The number of aromatic nitrogens is 4. The van der Waals surface area contributed by atoms with Crippen LogP contribution in [0.2, 0.25) is 0 Å². The molecule has 0 unspecified atom stereocenters. The van der Waals surface area contributed by atoms with Crippen molar-refractivity contribution in [2.45, 2.75) is 43.8 Å². The van der Waals surface area contributed by atoms with E-state index in [9.17, 15) is 19.8 Å². The molecular formula is C36H38N8O5. The second-order valence-corrected chi connectivity index (χ2v) is 12.5. The average molecular weight is 663 g/mol. The predicted molar refractivity (Wildman–Crippen MR) is 185 cm³/mol. The Labute approximate surface area is 282 Å². The molecule has 3 heterocycles. The number of ether oxygens (including phenoxy) is 1. The summed E-state index contributed by atoms with van der Waals surface area (Å²) in [6.45, 7) is 3.12. The van der Waals surface area contributed by atoms with Crippen LogP contribution in [-0.2, 0) is 0 Å². The lowest BCUT2D eigenvalue weighted by Gasteiger charge is -2.42. The highest BCUT2D eigenvalue weighted by atomic mass is 16.5. The monoisotopic (exact) mass is 662 g/mol. The Bertz CT molecular complexity index is 1950. The molecule has 0 spiro atoms. The summed E-state index contributed by atoms with van der Waals surface area (Å²) in [5, 5.41) is 31.7. The van der Waals surface area contributed by atoms with E-state index in [1.165, 1.54) is 18.5 Å².